The minimum Gasteiger partial charge on any atom is -0.325 e. The summed E-state index contributed by atoms with van der Waals surface area (Å²) in [5, 5.41) is 2.46. The van der Waals surface area contributed by atoms with Crippen molar-refractivity contribution in [2.75, 3.05) is 16.8 Å². The highest BCUT2D eigenvalue weighted by Gasteiger charge is 2.31. The Kier molecular flexibility index (Phi) is 6.24. The lowest BCUT2D eigenvalue weighted by Gasteiger charge is -2.22. The minimum atomic E-state index is -4.53. The van der Waals surface area contributed by atoms with Crippen LogP contribution in [0.5, 0.6) is 0 Å². The first-order valence-electron chi connectivity index (χ1n) is 10.6. The van der Waals surface area contributed by atoms with E-state index >= 15 is 0 Å². The molecule has 0 atom stereocenters. The van der Waals surface area contributed by atoms with Crippen LogP contribution in [0.3, 0.4) is 0 Å². The van der Waals surface area contributed by atoms with E-state index in [1.165, 1.54) is 17.0 Å². The van der Waals surface area contributed by atoms with E-state index in [0.29, 0.717) is 17.1 Å². The predicted molar refractivity (Wildman–Crippen MR) is 126 cm³/mol. The second kappa shape index (κ2) is 9.13. The Balaban J connectivity index is 1.59. The molecule has 174 valence electrons. The number of para-hydroxylation sites is 2. The molecule has 3 aromatic carbocycles. The molecule has 0 fully saturated rings. The monoisotopic (exact) mass is 465 g/mol. The molecule has 8 heteroatoms. The van der Waals surface area contributed by atoms with Crippen molar-refractivity contribution < 1.29 is 22.8 Å². The molecule has 1 aliphatic heterocycles. The van der Waals surface area contributed by atoms with E-state index in [1.54, 1.807) is 24.3 Å². The molecular formula is C26H22F3N3O2. The molecule has 4 rings (SSSR count). The second-order valence-corrected chi connectivity index (χ2v) is 8.13. The van der Waals surface area contributed by atoms with Crippen molar-refractivity contribution in [1.82, 2.24) is 0 Å². The molecule has 0 radical (unpaired) electrons. The quantitative estimate of drug-likeness (QED) is 0.528. The average molecular weight is 465 g/mol. The van der Waals surface area contributed by atoms with E-state index in [4.69, 9.17) is 4.99 Å². The molecule has 0 unspecified atom stereocenters. The van der Waals surface area contributed by atoms with Crippen molar-refractivity contribution in [3.8, 4) is 0 Å². The van der Waals surface area contributed by atoms with Crippen molar-refractivity contribution >= 4 is 34.6 Å². The van der Waals surface area contributed by atoms with Gasteiger partial charge in [-0.15, -0.1) is 0 Å². The molecule has 5 nitrogen and oxygen atoms in total. The fraction of sp³-hybridized carbons (Fsp3) is 0.192. The number of hydrogen-bond acceptors (Lipinski definition) is 3. The van der Waals surface area contributed by atoms with Gasteiger partial charge in [-0.25, -0.2) is 0 Å². The summed E-state index contributed by atoms with van der Waals surface area (Å²) < 4.78 is 39.0. The zero-order valence-corrected chi connectivity index (χ0v) is 18.6. The number of anilines is 2. The van der Waals surface area contributed by atoms with Crippen LogP contribution in [0.15, 0.2) is 71.7 Å². The number of rotatable bonds is 4. The van der Waals surface area contributed by atoms with Crippen LogP contribution in [-0.2, 0) is 15.8 Å². The normalized spacial score (nSPS) is 13.7. The average Bonchev–Trinajstić information content (AvgIpc) is 2.92. The van der Waals surface area contributed by atoms with E-state index in [9.17, 15) is 22.8 Å². The molecule has 34 heavy (non-hydrogen) atoms. The van der Waals surface area contributed by atoms with E-state index < -0.39 is 17.6 Å². The number of aryl methyl sites for hydroxylation is 2. The van der Waals surface area contributed by atoms with Crippen molar-refractivity contribution in [3.05, 3.63) is 89.0 Å². The number of hydrogen-bond donors (Lipinski definition) is 1. The van der Waals surface area contributed by atoms with Gasteiger partial charge in [0.25, 0.3) is 0 Å². The summed E-state index contributed by atoms with van der Waals surface area (Å²) in [6.45, 7) is 3.62. The van der Waals surface area contributed by atoms with Crippen LogP contribution in [0, 0.1) is 13.8 Å². The largest absolute Gasteiger partial charge is 0.416 e. The maximum absolute atomic E-state index is 13.2. The van der Waals surface area contributed by atoms with Crippen LogP contribution in [0.25, 0.3) is 0 Å². The maximum atomic E-state index is 13.2. The van der Waals surface area contributed by atoms with Crippen molar-refractivity contribution in [3.63, 3.8) is 0 Å². The van der Waals surface area contributed by atoms with Gasteiger partial charge in [0.1, 0.15) is 6.54 Å². The Hall–Kier alpha value is -3.94. The van der Waals surface area contributed by atoms with Gasteiger partial charge in [-0.3, -0.25) is 14.6 Å². The molecule has 0 saturated heterocycles. The summed E-state index contributed by atoms with van der Waals surface area (Å²) in [6, 6.07) is 17.2. The Morgan fingerprint density at radius 3 is 2.50 bits per heavy atom. The summed E-state index contributed by atoms with van der Waals surface area (Å²) in [6.07, 6.45) is -4.55. The number of alkyl halides is 3. The molecule has 3 aromatic rings. The zero-order chi connectivity index (χ0) is 24.5. The molecule has 2 amide bonds. The Labute approximate surface area is 194 Å². The molecule has 1 N–H and O–H groups in total. The van der Waals surface area contributed by atoms with Gasteiger partial charge < -0.3 is 10.2 Å². The molecule has 0 spiro atoms. The summed E-state index contributed by atoms with van der Waals surface area (Å²) in [5.74, 6) is -0.946. The lowest BCUT2D eigenvalue weighted by Crippen LogP contribution is -2.38. The Bertz CT molecular complexity index is 1300. The standard InChI is InChI=1S/C26H22F3N3O2/c1-16-10-11-18(12-17(16)2)22-14-25(34)32(23-9-4-3-8-21(23)31-22)15-24(33)30-20-7-5-6-19(13-20)26(27,28)29/h3-13H,14-15H2,1-2H3,(H,30,33). The third-order valence-corrected chi connectivity index (χ3v) is 5.66. The highest BCUT2D eigenvalue weighted by molar-refractivity contribution is 6.19. The fourth-order valence-electron chi connectivity index (χ4n) is 3.72. The van der Waals surface area contributed by atoms with Gasteiger partial charge in [-0.05, 0) is 66.9 Å². The van der Waals surface area contributed by atoms with Gasteiger partial charge in [-0.2, -0.15) is 13.2 Å². The smallest absolute Gasteiger partial charge is 0.325 e. The number of carbonyl (C=O) groups is 2. The van der Waals surface area contributed by atoms with Gasteiger partial charge in [0.15, 0.2) is 0 Å². The van der Waals surface area contributed by atoms with Crippen molar-refractivity contribution in [1.29, 1.82) is 0 Å². The number of fused-ring (bicyclic) bond motifs is 1. The molecular weight excluding hydrogens is 443 g/mol. The maximum Gasteiger partial charge on any atom is 0.416 e. The van der Waals surface area contributed by atoms with Crippen molar-refractivity contribution in [2.24, 2.45) is 4.99 Å². The minimum absolute atomic E-state index is 0.00227. The lowest BCUT2D eigenvalue weighted by atomic mass is 10.0. The van der Waals surface area contributed by atoms with Crippen LogP contribution in [0.2, 0.25) is 0 Å². The number of nitrogens with zero attached hydrogens (tertiary/aromatic N) is 2. The highest BCUT2D eigenvalue weighted by atomic mass is 19.4. The van der Waals surface area contributed by atoms with Crippen molar-refractivity contribution in [2.45, 2.75) is 26.4 Å². The van der Waals surface area contributed by atoms with E-state index in [1.807, 2.05) is 32.0 Å². The van der Waals surface area contributed by atoms with Crippen LogP contribution >= 0.6 is 0 Å². The molecule has 0 aliphatic carbocycles. The van der Waals surface area contributed by atoms with Gasteiger partial charge in [0, 0.05) is 5.69 Å². The first-order chi connectivity index (χ1) is 16.1. The molecule has 0 aromatic heterocycles. The third-order valence-electron chi connectivity index (χ3n) is 5.66. The van der Waals surface area contributed by atoms with Crippen LogP contribution in [0.4, 0.5) is 30.2 Å². The fourth-order valence-corrected chi connectivity index (χ4v) is 3.72. The highest BCUT2D eigenvalue weighted by Crippen LogP contribution is 2.33. The number of benzene rings is 3. The Morgan fingerprint density at radius 2 is 1.76 bits per heavy atom. The number of nitrogens with one attached hydrogen (secondary N) is 1. The second-order valence-electron chi connectivity index (χ2n) is 8.13. The number of aliphatic imine (C=N–C) groups is 1. The first kappa shape index (κ1) is 23.2. The van der Waals surface area contributed by atoms with Gasteiger partial charge >= 0.3 is 6.18 Å². The van der Waals surface area contributed by atoms with E-state index in [0.717, 1.165) is 28.8 Å². The van der Waals surface area contributed by atoms with Gasteiger partial charge in [-0.1, -0.05) is 30.3 Å². The van der Waals surface area contributed by atoms with Crippen LogP contribution < -0.4 is 10.2 Å². The third kappa shape index (κ3) is 5.01. The van der Waals surface area contributed by atoms with Crippen LogP contribution in [0.1, 0.15) is 28.7 Å². The summed E-state index contributed by atoms with van der Waals surface area (Å²) in [5.41, 5.74) is 3.73. The first-order valence-corrected chi connectivity index (χ1v) is 10.6. The van der Waals surface area contributed by atoms with E-state index in [2.05, 4.69) is 5.32 Å². The topological polar surface area (TPSA) is 61.8 Å². The SMILES string of the molecule is Cc1ccc(C2=Nc3ccccc3N(CC(=O)Nc3cccc(C(F)(F)F)c3)C(=O)C2)cc1C. The number of amides is 2. The summed E-state index contributed by atoms with van der Waals surface area (Å²) >= 11 is 0. The number of carbonyl (C=O) groups excluding carboxylic acids is 2. The van der Waals surface area contributed by atoms with Gasteiger partial charge in [0.05, 0.1) is 29.1 Å². The molecule has 0 saturated carbocycles. The molecule has 1 heterocycles. The zero-order valence-electron chi connectivity index (χ0n) is 18.6. The molecule has 1 aliphatic rings. The Morgan fingerprint density at radius 1 is 1.00 bits per heavy atom. The lowest BCUT2D eigenvalue weighted by molar-refractivity contribution is -0.137. The van der Waals surface area contributed by atoms with Gasteiger partial charge in [0.2, 0.25) is 11.8 Å². The van der Waals surface area contributed by atoms with E-state index in [-0.39, 0.29) is 24.6 Å². The predicted octanol–water partition coefficient (Wildman–Crippen LogP) is 5.82. The molecule has 0 bridgehead atoms. The number of halogens is 3. The van der Waals surface area contributed by atoms with Crippen LogP contribution in [-0.4, -0.2) is 24.1 Å². The summed E-state index contributed by atoms with van der Waals surface area (Å²) in [7, 11) is 0. The summed E-state index contributed by atoms with van der Waals surface area (Å²) in [4.78, 5) is 31.9.